The van der Waals surface area contributed by atoms with Crippen LogP contribution in [-0.4, -0.2) is 57.9 Å². The quantitative estimate of drug-likeness (QED) is 0.319. The molecule has 0 unspecified atom stereocenters. The lowest BCUT2D eigenvalue weighted by atomic mass is 9.82. The maximum absolute atomic E-state index is 10.7. The molecule has 0 aliphatic rings. The number of hydrogen-bond acceptors (Lipinski definition) is 5. The van der Waals surface area contributed by atoms with Crippen molar-refractivity contribution in [2.75, 3.05) is 26.4 Å². The summed E-state index contributed by atoms with van der Waals surface area (Å²) in [4.78, 5) is 10.7. The van der Waals surface area contributed by atoms with Gasteiger partial charge in [0.25, 0.3) is 0 Å². The monoisotopic (exact) mass is 206 g/mol. The van der Waals surface area contributed by atoms with E-state index in [2.05, 4.69) is 0 Å². The fourth-order valence-corrected chi connectivity index (χ4v) is 1.03. The second-order valence-electron chi connectivity index (χ2n) is 2.86. The van der Waals surface area contributed by atoms with Crippen molar-refractivity contribution in [3.63, 3.8) is 0 Å². The number of aliphatic hydroxyl groups is 4. The number of carboxylic acid groups (broad SMARTS) is 1. The van der Waals surface area contributed by atoms with Crippen molar-refractivity contribution in [2.24, 2.45) is 5.41 Å². The summed E-state index contributed by atoms with van der Waals surface area (Å²) in [5, 5.41) is 44.0. The molecule has 0 fully saturated rings. The molecule has 0 spiro atoms. The third-order valence-electron chi connectivity index (χ3n) is 2.01. The Balaban J connectivity index is 5.11. The number of aliphatic hydroxyl groups excluding tert-OH is 4. The molecule has 0 heterocycles. The Labute approximate surface area is 80.7 Å². The highest BCUT2D eigenvalue weighted by Gasteiger charge is 2.36. The highest BCUT2D eigenvalue weighted by atomic mass is 16.4. The molecule has 0 aromatic rings. The predicted molar refractivity (Wildman–Crippen MR) is 46.5 cm³/mol. The number of rotatable bonds is 6. The van der Waals surface area contributed by atoms with Crippen LogP contribution in [0.5, 0.6) is 0 Å². The zero-order valence-corrected chi connectivity index (χ0v) is 7.55. The van der Waals surface area contributed by atoms with E-state index in [0.717, 1.165) is 6.08 Å². The van der Waals surface area contributed by atoms with E-state index in [-0.39, 0.29) is 0 Å². The SMILES string of the molecule is O=C(O)C(=CCO)C(CO)(CO)CO. The first-order valence-corrected chi connectivity index (χ1v) is 3.95. The first-order valence-electron chi connectivity index (χ1n) is 3.95. The highest BCUT2D eigenvalue weighted by molar-refractivity contribution is 5.88. The molecule has 0 amide bonds. The van der Waals surface area contributed by atoms with Gasteiger partial charge in [-0.15, -0.1) is 0 Å². The van der Waals surface area contributed by atoms with Gasteiger partial charge in [0, 0.05) is 5.57 Å². The lowest BCUT2D eigenvalue weighted by Gasteiger charge is -2.27. The second-order valence-corrected chi connectivity index (χ2v) is 2.86. The molecule has 5 N–H and O–H groups in total. The standard InChI is InChI=1S/C8H14O6/c9-2-1-6(7(13)14)8(3-10,4-11)5-12/h1,9-12H,2-5H2,(H,13,14). The number of carbonyl (C=O) groups is 1. The van der Waals surface area contributed by atoms with E-state index >= 15 is 0 Å². The minimum atomic E-state index is -1.62. The van der Waals surface area contributed by atoms with Crippen molar-refractivity contribution in [2.45, 2.75) is 0 Å². The van der Waals surface area contributed by atoms with Gasteiger partial charge in [-0.05, 0) is 6.08 Å². The first-order chi connectivity index (χ1) is 6.57. The van der Waals surface area contributed by atoms with Crippen LogP contribution in [0.1, 0.15) is 0 Å². The van der Waals surface area contributed by atoms with E-state index in [1.165, 1.54) is 0 Å². The molecule has 0 rings (SSSR count). The zero-order chi connectivity index (χ0) is 11.2. The van der Waals surface area contributed by atoms with Gasteiger partial charge in [0.15, 0.2) is 0 Å². The summed E-state index contributed by atoms with van der Waals surface area (Å²) >= 11 is 0. The summed E-state index contributed by atoms with van der Waals surface area (Å²) in [5.41, 5.74) is -2.01. The van der Waals surface area contributed by atoms with E-state index in [1.54, 1.807) is 0 Å². The Morgan fingerprint density at radius 2 is 1.50 bits per heavy atom. The van der Waals surface area contributed by atoms with Gasteiger partial charge in [-0.1, -0.05) is 0 Å². The van der Waals surface area contributed by atoms with Crippen molar-refractivity contribution < 1.29 is 30.3 Å². The fraction of sp³-hybridized carbons (Fsp3) is 0.625. The number of carboxylic acids is 1. The van der Waals surface area contributed by atoms with Crippen LogP contribution in [0.2, 0.25) is 0 Å². The van der Waals surface area contributed by atoms with Crippen LogP contribution in [0.15, 0.2) is 11.6 Å². The summed E-state index contributed by atoms with van der Waals surface area (Å²) in [7, 11) is 0. The summed E-state index contributed by atoms with van der Waals surface area (Å²) in [6, 6.07) is 0. The highest BCUT2D eigenvalue weighted by Crippen LogP contribution is 2.25. The molecule has 0 saturated heterocycles. The topological polar surface area (TPSA) is 118 Å². The number of aliphatic carboxylic acids is 1. The molecule has 6 heteroatoms. The third kappa shape index (κ3) is 2.52. The van der Waals surface area contributed by atoms with Gasteiger partial charge in [0.05, 0.1) is 31.8 Å². The normalized spacial score (nSPS) is 13.0. The van der Waals surface area contributed by atoms with Crippen LogP contribution >= 0.6 is 0 Å². The van der Waals surface area contributed by atoms with Gasteiger partial charge in [0.1, 0.15) is 0 Å². The van der Waals surface area contributed by atoms with Crippen molar-refractivity contribution in [3.05, 3.63) is 11.6 Å². The van der Waals surface area contributed by atoms with Crippen LogP contribution < -0.4 is 0 Å². The van der Waals surface area contributed by atoms with Crippen LogP contribution in [0.4, 0.5) is 0 Å². The lowest BCUT2D eigenvalue weighted by molar-refractivity contribution is -0.135. The molecule has 0 saturated carbocycles. The van der Waals surface area contributed by atoms with Crippen molar-refractivity contribution in [3.8, 4) is 0 Å². The molecular formula is C8H14O6. The molecule has 0 atom stereocenters. The molecule has 0 aliphatic carbocycles. The maximum Gasteiger partial charge on any atom is 0.332 e. The number of hydrogen-bond donors (Lipinski definition) is 5. The molecule has 0 aromatic heterocycles. The minimum Gasteiger partial charge on any atom is -0.478 e. The molecule has 0 aliphatic heterocycles. The lowest BCUT2D eigenvalue weighted by Crippen LogP contribution is -2.39. The van der Waals surface area contributed by atoms with Crippen LogP contribution in [0.25, 0.3) is 0 Å². The van der Waals surface area contributed by atoms with E-state index in [4.69, 9.17) is 25.5 Å². The smallest absolute Gasteiger partial charge is 0.332 e. The molecule has 14 heavy (non-hydrogen) atoms. The predicted octanol–water partition coefficient (Wildman–Crippen LogP) is -2.05. The molecule has 0 bridgehead atoms. The van der Waals surface area contributed by atoms with Crippen molar-refractivity contribution in [1.82, 2.24) is 0 Å². The molecular weight excluding hydrogens is 192 g/mol. The van der Waals surface area contributed by atoms with Crippen molar-refractivity contribution >= 4 is 5.97 Å². The summed E-state index contributed by atoms with van der Waals surface area (Å²) in [6.45, 7) is -2.67. The summed E-state index contributed by atoms with van der Waals surface area (Å²) in [6.07, 6.45) is 0.936. The second kappa shape index (κ2) is 5.71. The molecule has 0 radical (unpaired) electrons. The Kier molecular flexibility index (Phi) is 5.32. The average Bonchev–Trinajstić information content (AvgIpc) is 2.19. The van der Waals surface area contributed by atoms with E-state index in [0.29, 0.717) is 0 Å². The zero-order valence-electron chi connectivity index (χ0n) is 7.55. The Morgan fingerprint density at radius 1 is 1.07 bits per heavy atom. The Bertz CT molecular complexity index is 210. The Morgan fingerprint density at radius 3 is 1.71 bits per heavy atom. The van der Waals surface area contributed by atoms with Gasteiger partial charge in [0.2, 0.25) is 0 Å². The Hall–Kier alpha value is -0.950. The summed E-state index contributed by atoms with van der Waals surface area (Å²) in [5.74, 6) is -1.39. The molecule has 82 valence electrons. The van der Waals surface area contributed by atoms with Gasteiger partial charge in [-0.2, -0.15) is 0 Å². The largest absolute Gasteiger partial charge is 0.478 e. The average molecular weight is 206 g/mol. The molecule has 6 nitrogen and oxygen atoms in total. The van der Waals surface area contributed by atoms with Gasteiger partial charge in [-0.3, -0.25) is 0 Å². The fourth-order valence-electron chi connectivity index (χ4n) is 1.03. The minimum absolute atomic E-state index is 0.396. The maximum atomic E-state index is 10.7. The van der Waals surface area contributed by atoms with E-state index < -0.39 is 43.4 Å². The molecule has 0 aromatic carbocycles. The van der Waals surface area contributed by atoms with Crippen LogP contribution in [0, 0.1) is 5.41 Å². The van der Waals surface area contributed by atoms with E-state index in [9.17, 15) is 4.79 Å². The van der Waals surface area contributed by atoms with Crippen LogP contribution in [0.3, 0.4) is 0 Å². The summed E-state index contributed by atoms with van der Waals surface area (Å²) < 4.78 is 0. The van der Waals surface area contributed by atoms with Crippen molar-refractivity contribution in [1.29, 1.82) is 0 Å². The van der Waals surface area contributed by atoms with Crippen LogP contribution in [-0.2, 0) is 4.79 Å². The van der Waals surface area contributed by atoms with Gasteiger partial charge < -0.3 is 25.5 Å². The third-order valence-corrected chi connectivity index (χ3v) is 2.01. The van der Waals surface area contributed by atoms with E-state index in [1.807, 2.05) is 0 Å². The van der Waals surface area contributed by atoms with Gasteiger partial charge >= 0.3 is 5.97 Å². The van der Waals surface area contributed by atoms with Gasteiger partial charge in [-0.25, -0.2) is 4.79 Å². The first kappa shape index (κ1) is 13.1.